The highest BCUT2D eigenvalue weighted by molar-refractivity contribution is 4.87. The molecular weight excluding hydrogens is 140 g/mol. The van der Waals surface area contributed by atoms with Gasteiger partial charge in [0.1, 0.15) is 0 Å². The number of nitrogens with one attached hydrogen (secondary N) is 1. The fourth-order valence-electron chi connectivity index (χ4n) is 0.774. The molecule has 1 atom stereocenters. The van der Waals surface area contributed by atoms with Gasteiger partial charge in [0, 0.05) is 13.7 Å². The van der Waals surface area contributed by atoms with Gasteiger partial charge in [0.2, 0.25) is 0 Å². The zero-order chi connectivity index (χ0) is 8.53. The minimum absolute atomic E-state index is 0.00635. The molecule has 0 aliphatic carbocycles. The summed E-state index contributed by atoms with van der Waals surface area (Å²) in [5.41, 5.74) is 0. The molecule has 0 heterocycles. The molecule has 1 unspecified atom stereocenters. The first-order chi connectivity index (χ1) is 5.35. The van der Waals surface area contributed by atoms with Crippen LogP contribution in [-0.2, 0) is 4.74 Å². The second-order valence-corrected chi connectivity index (χ2v) is 2.39. The van der Waals surface area contributed by atoms with E-state index in [9.17, 15) is 0 Å². The highest BCUT2D eigenvalue weighted by Gasteiger charge is 2.00. The summed E-state index contributed by atoms with van der Waals surface area (Å²) in [7, 11) is 1.68. The Morgan fingerprint density at radius 3 is 2.82 bits per heavy atom. The quantitative estimate of drug-likeness (QED) is 0.581. The van der Waals surface area contributed by atoms with E-state index in [4.69, 9.17) is 10.00 Å². The second kappa shape index (κ2) is 7.52. The van der Waals surface area contributed by atoms with E-state index in [0.29, 0.717) is 0 Å². The zero-order valence-electron chi connectivity index (χ0n) is 7.26. The van der Waals surface area contributed by atoms with Crippen molar-refractivity contribution in [3.05, 3.63) is 0 Å². The molecule has 1 N–H and O–H groups in total. The first-order valence-corrected chi connectivity index (χ1v) is 3.97. The number of nitrogens with zero attached hydrogens (tertiary/aromatic N) is 1. The summed E-state index contributed by atoms with van der Waals surface area (Å²) in [5, 5.41) is 11.7. The summed E-state index contributed by atoms with van der Waals surface area (Å²) in [6, 6.07) is 2.18. The van der Waals surface area contributed by atoms with Gasteiger partial charge in [-0.1, -0.05) is 6.92 Å². The van der Waals surface area contributed by atoms with Gasteiger partial charge in [0.25, 0.3) is 0 Å². The van der Waals surface area contributed by atoms with Crippen molar-refractivity contribution in [3.63, 3.8) is 0 Å². The lowest BCUT2D eigenvalue weighted by Crippen LogP contribution is -2.28. The molecule has 0 aliphatic heterocycles. The molecule has 0 spiro atoms. The number of hydrogen-bond acceptors (Lipinski definition) is 3. The number of nitriles is 1. The van der Waals surface area contributed by atoms with Gasteiger partial charge < -0.3 is 10.1 Å². The summed E-state index contributed by atoms with van der Waals surface area (Å²) < 4.78 is 4.87. The number of rotatable bonds is 6. The highest BCUT2D eigenvalue weighted by atomic mass is 16.5. The minimum atomic E-state index is 0.00635. The Morgan fingerprint density at radius 2 is 2.36 bits per heavy atom. The molecule has 0 aromatic carbocycles. The maximum absolute atomic E-state index is 8.54. The van der Waals surface area contributed by atoms with Crippen molar-refractivity contribution >= 4 is 0 Å². The third kappa shape index (κ3) is 5.84. The average molecular weight is 156 g/mol. The van der Waals surface area contributed by atoms with Gasteiger partial charge in [-0.25, -0.2) is 0 Å². The van der Waals surface area contributed by atoms with Crippen molar-refractivity contribution in [1.82, 2.24) is 5.32 Å². The zero-order valence-corrected chi connectivity index (χ0v) is 7.26. The van der Waals surface area contributed by atoms with Crippen molar-refractivity contribution in [3.8, 4) is 6.07 Å². The van der Waals surface area contributed by atoms with Gasteiger partial charge in [-0.15, -0.1) is 0 Å². The van der Waals surface area contributed by atoms with E-state index in [1.165, 1.54) is 0 Å². The van der Waals surface area contributed by atoms with Crippen molar-refractivity contribution < 1.29 is 4.74 Å². The molecule has 0 aromatic rings. The Balaban J connectivity index is 3.16. The number of ether oxygens (including phenoxy) is 1. The second-order valence-electron chi connectivity index (χ2n) is 2.39. The summed E-state index contributed by atoms with van der Waals surface area (Å²) >= 11 is 0. The van der Waals surface area contributed by atoms with E-state index in [1.807, 2.05) is 6.92 Å². The van der Waals surface area contributed by atoms with Crippen molar-refractivity contribution in [1.29, 1.82) is 5.26 Å². The van der Waals surface area contributed by atoms with Crippen LogP contribution < -0.4 is 5.32 Å². The normalized spacial score (nSPS) is 12.5. The Kier molecular flexibility index (Phi) is 7.11. The fraction of sp³-hybridized carbons (Fsp3) is 0.875. The third-order valence-electron chi connectivity index (χ3n) is 1.48. The maximum Gasteiger partial charge on any atom is 0.0950 e. The molecule has 0 aliphatic rings. The number of methoxy groups -OCH3 is 1. The lowest BCUT2D eigenvalue weighted by Gasteiger charge is -2.07. The molecule has 0 bridgehead atoms. The smallest absolute Gasteiger partial charge is 0.0950 e. The molecule has 0 rings (SSSR count). The highest BCUT2D eigenvalue weighted by Crippen LogP contribution is 1.87. The number of hydrogen-bond donors (Lipinski definition) is 1. The lowest BCUT2D eigenvalue weighted by atomic mass is 10.2. The van der Waals surface area contributed by atoms with Gasteiger partial charge in [0.15, 0.2) is 0 Å². The molecule has 0 radical (unpaired) electrons. The molecule has 11 heavy (non-hydrogen) atoms. The van der Waals surface area contributed by atoms with Gasteiger partial charge in [-0.2, -0.15) is 5.26 Å². The Morgan fingerprint density at radius 1 is 1.64 bits per heavy atom. The Labute approximate surface area is 68.3 Å². The lowest BCUT2D eigenvalue weighted by molar-refractivity contribution is 0.193. The van der Waals surface area contributed by atoms with Gasteiger partial charge in [-0.3, -0.25) is 0 Å². The van der Waals surface area contributed by atoms with Crippen molar-refractivity contribution in [2.45, 2.75) is 25.8 Å². The van der Waals surface area contributed by atoms with Crippen LogP contribution in [0.15, 0.2) is 0 Å². The van der Waals surface area contributed by atoms with Gasteiger partial charge >= 0.3 is 0 Å². The monoisotopic (exact) mass is 156 g/mol. The molecule has 3 heteroatoms. The first-order valence-electron chi connectivity index (χ1n) is 3.97. The van der Waals surface area contributed by atoms with Gasteiger partial charge in [0.05, 0.1) is 12.1 Å². The molecule has 0 saturated carbocycles. The van der Waals surface area contributed by atoms with E-state index >= 15 is 0 Å². The van der Waals surface area contributed by atoms with Crippen LogP contribution in [0, 0.1) is 11.3 Å². The maximum atomic E-state index is 8.54. The van der Waals surface area contributed by atoms with Gasteiger partial charge in [-0.05, 0) is 19.4 Å². The summed E-state index contributed by atoms with van der Waals surface area (Å²) in [4.78, 5) is 0. The van der Waals surface area contributed by atoms with Crippen molar-refractivity contribution in [2.75, 3.05) is 20.3 Å². The predicted molar refractivity (Wildman–Crippen MR) is 44.2 cm³/mol. The summed E-state index contributed by atoms with van der Waals surface area (Å²) in [6.07, 6.45) is 1.83. The molecular formula is C8H16N2O. The first kappa shape index (κ1) is 10.4. The molecule has 0 aromatic heterocycles. The molecule has 0 fully saturated rings. The van der Waals surface area contributed by atoms with Crippen LogP contribution in [0.4, 0.5) is 0 Å². The average Bonchev–Trinajstić information content (AvgIpc) is 2.05. The van der Waals surface area contributed by atoms with Crippen LogP contribution in [0.25, 0.3) is 0 Å². The predicted octanol–water partition coefficient (Wildman–Crippen LogP) is 0.915. The Bertz CT molecular complexity index is 120. The third-order valence-corrected chi connectivity index (χ3v) is 1.48. The molecule has 3 nitrogen and oxygen atoms in total. The van der Waals surface area contributed by atoms with Crippen LogP contribution in [0.3, 0.4) is 0 Å². The van der Waals surface area contributed by atoms with E-state index in [0.717, 1.165) is 26.0 Å². The van der Waals surface area contributed by atoms with Crippen LogP contribution in [0.1, 0.15) is 19.8 Å². The topological polar surface area (TPSA) is 45.0 Å². The largest absolute Gasteiger partial charge is 0.385 e. The molecule has 0 saturated heterocycles. The van der Waals surface area contributed by atoms with E-state index < -0.39 is 0 Å². The SMILES string of the molecule is CCC(C#N)NCCCOC. The summed E-state index contributed by atoms with van der Waals surface area (Å²) in [5.74, 6) is 0. The van der Waals surface area contributed by atoms with Crippen LogP contribution in [-0.4, -0.2) is 26.3 Å². The fourth-order valence-corrected chi connectivity index (χ4v) is 0.774. The standard InChI is InChI=1S/C8H16N2O/c1-3-8(7-9)10-5-4-6-11-2/h8,10H,3-6H2,1-2H3. The van der Waals surface area contributed by atoms with E-state index in [-0.39, 0.29) is 6.04 Å². The van der Waals surface area contributed by atoms with Crippen LogP contribution in [0.2, 0.25) is 0 Å². The van der Waals surface area contributed by atoms with Crippen LogP contribution >= 0.6 is 0 Å². The minimum Gasteiger partial charge on any atom is -0.385 e. The van der Waals surface area contributed by atoms with Crippen LogP contribution in [0.5, 0.6) is 0 Å². The molecule has 64 valence electrons. The van der Waals surface area contributed by atoms with E-state index in [1.54, 1.807) is 7.11 Å². The molecule has 0 amide bonds. The Hall–Kier alpha value is -0.590. The summed E-state index contributed by atoms with van der Waals surface area (Å²) in [6.45, 7) is 3.62. The van der Waals surface area contributed by atoms with Crippen molar-refractivity contribution in [2.24, 2.45) is 0 Å². The van der Waals surface area contributed by atoms with E-state index in [2.05, 4.69) is 11.4 Å².